The molecule has 0 saturated heterocycles. The van der Waals surface area contributed by atoms with Gasteiger partial charge in [0.05, 0.1) is 4.88 Å². The molecule has 134 valence electrons. The zero-order valence-corrected chi connectivity index (χ0v) is 14.2. The van der Waals surface area contributed by atoms with E-state index in [1.807, 2.05) is 5.38 Å². The lowest BCUT2D eigenvalue weighted by Crippen LogP contribution is -2.31. The predicted octanol–water partition coefficient (Wildman–Crippen LogP) is 2.83. The van der Waals surface area contributed by atoms with Gasteiger partial charge in [-0.1, -0.05) is 18.2 Å². The van der Waals surface area contributed by atoms with Gasteiger partial charge < -0.3 is 15.4 Å². The highest BCUT2D eigenvalue weighted by Crippen LogP contribution is 2.15. The number of alkyl halides is 2. The van der Waals surface area contributed by atoms with Gasteiger partial charge in [0.2, 0.25) is 5.91 Å². The van der Waals surface area contributed by atoms with E-state index >= 15 is 0 Å². The fraction of sp³-hybridized carbons (Fsp3) is 0.294. The van der Waals surface area contributed by atoms with Crippen molar-refractivity contribution in [1.82, 2.24) is 10.6 Å². The second-order valence-electron chi connectivity index (χ2n) is 5.11. The van der Waals surface area contributed by atoms with Crippen molar-refractivity contribution < 1.29 is 23.1 Å². The van der Waals surface area contributed by atoms with E-state index in [-0.39, 0.29) is 30.5 Å². The SMILES string of the molecule is O=C(CCNC(=O)c1cccs1)NCCc1ccc(OC(F)F)cc1. The molecular formula is C17H18F2N2O3S. The molecule has 25 heavy (non-hydrogen) atoms. The monoisotopic (exact) mass is 368 g/mol. The van der Waals surface area contributed by atoms with Crippen molar-refractivity contribution in [1.29, 1.82) is 0 Å². The van der Waals surface area contributed by atoms with Gasteiger partial charge in [0.25, 0.3) is 5.91 Å². The van der Waals surface area contributed by atoms with E-state index in [2.05, 4.69) is 15.4 Å². The summed E-state index contributed by atoms with van der Waals surface area (Å²) in [6.45, 7) is -2.15. The van der Waals surface area contributed by atoms with E-state index in [9.17, 15) is 18.4 Å². The number of nitrogens with one attached hydrogen (secondary N) is 2. The van der Waals surface area contributed by atoms with E-state index in [4.69, 9.17) is 0 Å². The maximum absolute atomic E-state index is 12.0. The third kappa shape index (κ3) is 6.88. The zero-order chi connectivity index (χ0) is 18.1. The summed E-state index contributed by atoms with van der Waals surface area (Å²) in [4.78, 5) is 24.0. The second kappa shape index (κ2) is 9.73. The molecule has 0 radical (unpaired) electrons. The van der Waals surface area contributed by atoms with E-state index < -0.39 is 6.61 Å². The molecule has 0 aliphatic heterocycles. The number of benzene rings is 1. The largest absolute Gasteiger partial charge is 0.435 e. The van der Waals surface area contributed by atoms with E-state index in [1.165, 1.54) is 23.5 Å². The summed E-state index contributed by atoms with van der Waals surface area (Å²) < 4.78 is 28.4. The highest BCUT2D eigenvalue weighted by Gasteiger charge is 2.07. The Kier molecular flexibility index (Phi) is 7.34. The zero-order valence-electron chi connectivity index (χ0n) is 13.3. The molecule has 1 aromatic carbocycles. The van der Waals surface area contributed by atoms with E-state index in [1.54, 1.807) is 24.3 Å². The maximum atomic E-state index is 12.0. The van der Waals surface area contributed by atoms with Crippen molar-refractivity contribution in [3.8, 4) is 5.75 Å². The number of hydrogen-bond donors (Lipinski definition) is 2. The molecule has 0 spiro atoms. The summed E-state index contributed by atoms with van der Waals surface area (Å²) in [6, 6.07) is 9.78. The van der Waals surface area contributed by atoms with Crippen molar-refractivity contribution in [3.63, 3.8) is 0 Å². The fourth-order valence-electron chi connectivity index (χ4n) is 2.06. The van der Waals surface area contributed by atoms with Crippen LogP contribution in [0.25, 0.3) is 0 Å². The number of amides is 2. The molecule has 0 atom stereocenters. The Bertz CT molecular complexity index is 676. The molecular weight excluding hydrogens is 350 g/mol. The minimum atomic E-state index is -2.84. The van der Waals surface area contributed by atoms with Gasteiger partial charge in [0.1, 0.15) is 5.75 Å². The summed E-state index contributed by atoms with van der Waals surface area (Å²) in [6.07, 6.45) is 0.764. The lowest BCUT2D eigenvalue weighted by Gasteiger charge is -2.08. The van der Waals surface area contributed by atoms with Crippen LogP contribution in [0.15, 0.2) is 41.8 Å². The Morgan fingerprint density at radius 1 is 1.08 bits per heavy atom. The molecule has 0 aliphatic rings. The number of carbonyl (C=O) groups is 2. The normalized spacial score (nSPS) is 10.5. The molecule has 0 saturated carbocycles. The fourth-order valence-corrected chi connectivity index (χ4v) is 2.70. The highest BCUT2D eigenvalue weighted by atomic mass is 32.1. The van der Waals surface area contributed by atoms with Gasteiger partial charge in [0.15, 0.2) is 0 Å². The van der Waals surface area contributed by atoms with Crippen LogP contribution in [0, 0.1) is 0 Å². The van der Waals surface area contributed by atoms with Crippen LogP contribution in [0.2, 0.25) is 0 Å². The highest BCUT2D eigenvalue weighted by molar-refractivity contribution is 7.12. The minimum Gasteiger partial charge on any atom is -0.435 e. The average Bonchev–Trinajstić information content (AvgIpc) is 3.10. The molecule has 1 aromatic heterocycles. The summed E-state index contributed by atoms with van der Waals surface area (Å²) >= 11 is 1.34. The van der Waals surface area contributed by atoms with Crippen molar-refractivity contribution in [2.45, 2.75) is 19.5 Å². The summed E-state index contributed by atoms with van der Waals surface area (Å²) in [5.41, 5.74) is 0.896. The Morgan fingerprint density at radius 2 is 1.84 bits per heavy atom. The van der Waals surface area contributed by atoms with Gasteiger partial charge in [-0.05, 0) is 35.6 Å². The molecule has 2 rings (SSSR count). The number of hydrogen-bond acceptors (Lipinski definition) is 4. The average molecular weight is 368 g/mol. The molecule has 0 unspecified atom stereocenters. The topological polar surface area (TPSA) is 67.4 Å². The van der Waals surface area contributed by atoms with Crippen LogP contribution in [0.1, 0.15) is 21.7 Å². The summed E-state index contributed by atoms with van der Waals surface area (Å²) in [5.74, 6) is -0.248. The lowest BCUT2D eigenvalue weighted by molar-refractivity contribution is -0.120. The van der Waals surface area contributed by atoms with Crippen LogP contribution < -0.4 is 15.4 Å². The van der Waals surface area contributed by atoms with Crippen LogP contribution in [-0.2, 0) is 11.2 Å². The quantitative estimate of drug-likeness (QED) is 0.715. The first-order valence-corrected chi connectivity index (χ1v) is 8.54. The van der Waals surface area contributed by atoms with E-state index in [0.29, 0.717) is 17.8 Å². The van der Waals surface area contributed by atoms with Crippen molar-refractivity contribution in [2.75, 3.05) is 13.1 Å². The number of carbonyl (C=O) groups excluding carboxylic acids is 2. The van der Waals surface area contributed by atoms with Crippen molar-refractivity contribution in [3.05, 3.63) is 52.2 Å². The molecule has 1 heterocycles. The Morgan fingerprint density at radius 3 is 2.48 bits per heavy atom. The van der Waals surface area contributed by atoms with Gasteiger partial charge in [-0.3, -0.25) is 9.59 Å². The van der Waals surface area contributed by atoms with Gasteiger partial charge in [0, 0.05) is 19.5 Å². The van der Waals surface area contributed by atoms with Gasteiger partial charge >= 0.3 is 6.61 Å². The first kappa shape index (κ1) is 18.9. The number of halogens is 2. The number of thiophene rings is 1. The van der Waals surface area contributed by atoms with E-state index in [0.717, 1.165) is 5.56 Å². The Labute approximate surface area is 148 Å². The summed E-state index contributed by atoms with van der Waals surface area (Å²) in [5, 5.41) is 7.24. The predicted molar refractivity (Wildman–Crippen MR) is 91.1 cm³/mol. The van der Waals surface area contributed by atoms with Gasteiger partial charge in [-0.15, -0.1) is 11.3 Å². The van der Waals surface area contributed by atoms with Crippen LogP contribution in [0.3, 0.4) is 0 Å². The number of ether oxygens (including phenoxy) is 1. The molecule has 2 aromatic rings. The smallest absolute Gasteiger partial charge is 0.387 e. The third-order valence-corrected chi connectivity index (χ3v) is 4.14. The van der Waals surface area contributed by atoms with Gasteiger partial charge in [-0.25, -0.2) is 0 Å². The molecule has 0 fully saturated rings. The molecule has 0 bridgehead atoms. The standard InChI is InChI=1S/C17H18F2N2O3S/c18-17(19)24-13-5-3-12(4-6-13)7-9-20-15(22)8-10-21-16(23)14-2-1-11-25-14/h1-6,11,17H,7-10H2,(H,20,22)(H,21,23). The maximum Gasteiger partial charge on any atom is 0.387 e. The summed E-state index contributed by atoms with van der Waals surface area (Å²) in [7, 11) is 0. The first-order chi connectivity index (χ1) is 12.0. The van der Waals surface area contributed by atoms with Crippen LogP contribution in [0.5, 0.6) is 5.75 Å². The van der Waals surface area contributed by atoms with Crippen LogP contribution in [0.4, 0.5) is 8.78 Å². The van der Waals surface area contributed by atoms with Crippen LogP contribution >= 0.6 is 11.3 Å². The molecule has 8 heteroatoms. The van der Waals surface area contributed by atoms with Crippen LogP contribution in [-0.4, -0.2) is 31.5 Å². The first-order valence-electron chi connectivity index (χ1n) is 7.67. The minimum absolute atomic E-state index is 0.101. The Hall–Kier alpha value is -2.48. The molecule has 2 amide bonds. The third-order valence-electron chi connectivity index (χ3n) is 3.27. The molecule has 0 aliphatic carbocycles. The second-order valence-corrected chi connectivity index (χ2v) is 6.05. The lowest BCUT2D eigenvalue weighted by atomic mass is 10.1. The molecule has 5 nitrogen and oxygen atoms in total. The number of rotatable bonds is 9. The molecule has 2 N–H and O–H groups in total. The van der Waals surface area contributed by atoms with Crippen molar-refractivity contribution in [2.24, 2.45) is 0 Å². The van der Waals surface area contributed by atoms with Gasteiger partial charge in [-0.2, -0.15) is 8.78 Å². The van der Waals surface area contributed by atoms with Crippen molar-refractivity contribution >= 4 is 23.2 Å². The Balaban J connectivity index is 1.61.